The van der Waals surface area contributed by atoms with Crippen LogP contribution in [0, 0.1) is 0 Å². The first-order valence-corrected chi connectivity index (χ1v) is 5.44. The largest absolute Gasteiger partial charge is 0.497 e. The second kappa shape index (κ2) is 4.63. The van der Waals surface area contributed by atoms with Crippen LogP contribution in [0.25, 0.3) is 0 Å². The lowest BCUT2D eigenvalue weighted by Crippen LogP contribution is -2.33. The van der Waals surface area contributed by atoms with E-state index in [1.54, 1.807) is 31.4 Å². The van der Waals surface area contributed by atoms with Crippen LogP contribution in [0.1, 0.15) is 0 Å². The molecule has 2 rings (SSSR count). The van der Waals surface area contributed by atoms with Crippen molar-refractivity contribution in [2.75, 3.05) is 25.1 Å². The first-order chi connectivity index (χ1) is 8.13. The second-order valence-corrected chi connectivity index (χ2v) is 3.86. The molecule has 1 aromatic carbocycles. The van der Waals surface area contributed by atoms with Crippen LogP contribution in [0.5, 0.6) is 5.75 Å². The van der Waals surface area contributed by atoms with Gasteiger partial charge in [-0.05, 0) is 35.9 Å². The highest BCUT2D eigenvalue weighted by Crippen LogP contribution is 2.23. The van der Waals surface area contributed by atoms with Gasteiger partial charge in [-0.15, -0.1) is 0 Å². The number of carbonyl (C=O) groups excluding carboxylic acids is 2. The average Bonchev–Trinajstić information content (AvgIpc) is 2.71. The van der Waals surface area contributed by atoms with Crippen LogP contribution in [-0.4, -0.2) is 36.5 Å². The summed E-state index contributed by atoms with van der Waals surface area (Å²) < 4.78 is 5.03. The fraction of sp³-hybridized carbons (Fsp3) is 0.273. The number of amides is 3. The van der Waals surface area contributed by atoms with E-state index in [1.165, 1.54) is 4.90 Å². The molecule has 3 amide bonds. The Kier molecular flexibility index (Phi) is 3.19. The summed E-state index contributed by atoms with van der Waals surface area (Å²) in [6.45, 7) is 0.761. The Labute approximate surface area is 104 Å². The van der Waals surface area contributed by atoms with Crippen molar-refractivity contribution in [2.45, 2.75) is 0 Å². The van der Waals surface area contributed by atoms with E-state index >= 15 is 0 Å². The molecule has 1 aliphatic rings. The van der Waals surface area contributed by atoms with Crippen molar-refractivity contribution in [3.05, 3.63) is 24.3 Å². The molecule has 0 saturated carbocycles. The maximum absolute atomic E-state index is 11.8. The van der Waals surface area contributed by atoms with Gasteiger partial charge in [0.1, 0.15) is 5.75 Å². The lowest BCUT2D eigenvalue weighted by Gasteiger charge is -2.16. The maximum atomic E-state index is 11.8. The third-order valence-electron chi connectivity index (χ3n) is 2.61. The molecule has 0 radical (unpaired) electrons. The molecule has 90 valence electrons. The minimum absolute atomic E-state index is 0.313. The highest BCUT2D eigenvalue weighted by molar-refractivity contribution is 6.64. The number of ether oxygens (including phenoxy) is 1. The lowest BCUT2D eigenvalue weighted by molar-refractivity contribution is 0.215. The Bertz CT molecular complexity index is 447. The van der Waals surface area contributed by atoms with E-state index in [-0.39, 0.29) is 0 Å². The number of imide groups is 1. The number of methoxy groups -OCH3 is 1. The number of anilines is 1. The zero-order chi connectivity index (χ0) is 12.4. The monoisotopic (exact) mass is 254 g/mol. The predicted molar refractivity (Wildman–Crippen MR) is 63.7 cm³/mol. The molecule has 0 unspecified atom stereocenters. The van der Waals surface area contributed by atoms with E-state index in [1.807, 2.05) is 0 Å². The molecule has 1 aliphatic heterocycles. The third kappa shape index (κ3) is 2.19. The number of halogens is 1. The van der Waals surface area contributed by atoms with Crippen molar-refractivity contribution >= 4 is 28.7 Å². The lowest BCUT2D eigenvalue weighted by atomic mass is 10.3. The fourth-order valence-electron chi connectivity index (χ4n) is 1.70. The van der Waals surface area contributed by atoms with Gasteiger partial charge >= 0.3 is 11.4 Å². The average molecular weight is 255 g/mol. The Hall–Kier alpha value is -1.75. The smallest absolute Gasteiger partial charge is 0.332 e. The molecule has 1 fully saturated rings. The molecule has 17 heavy (non-hydrogen) atoms. The molecule has 0 aliphatic carbocycles. The maximum Gasteiger partial charge on any atom is 0.332 e. The first-order valence-electron chi connectivity index (χ1n) is 5.06. The number of carbonyl (C=O) groups is 2. The number of nitrogens with zero attached hydrogens (tertiary/aromatic N) is 2. The molecule has 0 aromatic heterocycles. The fourth-order valence-corrected chi connectivity index (χ4v) is 1.86. The summed E-state index contributed by atoms with van der Waals surface area (Å²) in [6.07, 6.45) is 0. The zero-order valence-corrected chi connectivity index (χ0v) is 9.98. The number of hydrogen-bond acceptors (Lipinski definition) is 3. The van der Waals surface area contributed by atoms with Crippen molar-refractivity contribution in [3.63, 3.8) is 0 Å². The normalized spacial score (nSPS) is 15.3. The molecular weight excluding hydrogens is 244 g/mol. The van der Waals surface area contributed by atoms with E-state index < -0.39 is 11.4 Å². The van der Waals surface area contributed by atoms with Gasteiger partial charge in [-0.25, -0.2) is 9.69 Å². The van der Waals surface area contributed by atoms with Crippen LogP contribution in [0.4, 0.5) is 15.3 Å². The Morgan fingerprint density at radius 1 is 1.29 bits per heavy atom. The van der Waals surface area contributed by atoms with Gasteiger partial charge in [0.05, 0.1) is 7.11 Å². The highest BCUT2D eigenvalue weighted by Gasteiger charge is 2.33. The Morgan fingerprint density at radius 2 is 1.94 bits per heavy atom. The summed E-state index contributed by atoms with van der Waals surface area (Å²) in [5, 5.41) is -0.744. The number of hydrogen-bond donors (Lipinski definition) is 0. The topological polar surface area (TPSA) is 49.9 Å². The molecule has 0 spiro atoms. The zero-order valence-electron chi connectivity index (χ0n) is 9.22. The van der Waals surface area contributed by atoms with E-state index in [2.05, 4.69) is 0 Å². The number of rotatable bonds is 2. The van der Waals surface area contributed by atoms with Gasteiger partial charge in [0.25, 0.3) is 0 Å². The van der Waals surface area contributed by atoms with E-state index in [4.69, 9.17) is 16.3 Å². The van der Waals surface area contributed by atoms with Gasteiger partial charge in [-0.2, -0.15) is 0 Å². The second-order valence-electron chi connectivity index (χ2n) is 3.54. The summed E-state index contributed by atoms with van der Waals surface area (Å²) in [5.41, 5.74) is 0.719. The highest BCUT2D eigenvalue weighted by atomic mass is 35.5. The van der Waals surface area contributed by atoms with E-state index in [9.17, 15) is 9.59 Å². The van der Waals surface area contributed by atoms with Gasteiger partial charge < -0.3 is 4.74 Å². The van der Waals surface area contributed by atoms with Crippen LogP contribution in [0.3, 0.4) is 0 Å². The van der Waals surface area contributed by atoms with Gasteiger partial charge in [-0.3, -0.25) is 9.69 Å². The molecule has 1 aromatic rings. The van der Waals surface area contributed by atoms with Crippen molar-refractivity contribution in [1.82, 2.24) is 4.90 Å². The van der Waals surface area contributed by atoms with Crippen LogP contribution < -0.4 is 9.64 Å². The molecule has 0 atom stereocenters. The molecule has 1 saturated heterocycles. The quantitative estimate of drug-likeness (QED) is 0.601. The molecule has 6 heteroatoms. The van der Waals surface area contributed by atoms with Crippen LogP contribution >= 0.6 is 11.6 Å². The summed E-state index contributed by atoms with van der Waals surface area (Å²) in [4.78, 5) is 25.3. The summed E-state index contributed by atoms with van der Waals surface area (Å²) >= 11 is 5.30. The van der Waals surface area contributed by atoms with Crippen molar-refractivity contribution in [3.8, 4) is 5.75 Å². The minimum Gasteiger partial charge on any atom is -0.497 e. The summed E-state index contributed by atoms with van der Waals surface area (Å²) in [6, 6.07) is 6.65. The Balaban J connectivity index is 2.18. The summed E-state index contributed by atoms with van der Waals surface area (Å²) in [5.74, 6) is 0.714. The van der Waals surface area contributed by atoms with Gasteiger partial charge in [0.2, 0.25) is 0 Å². The number of urea groups is 1. The van der Waals surface area contributed by atoms with Crippen LogP contribution in [0.2, 0.25) is 0 Å². The molecule has 0 N–H and O–H groups in total. The SMILES string of the molecule is COc1ccc(N2CCN(C(=O)Cl)C2=O)cc1. The van der Waals surface area contributed by atoms with Crippen LogP contribution in [0.15, 0.2) is 24.3 Å². The summed E-state index contributed by atoms with van der Waals surface area (Å²) in [7, 11) is 1.57. The van der Waals surface area contributed by atoms with E-state index in [0.717, 1.165) is 10.6 Å². The standard InChI is InChI=1S/C11H11ClN2O3/c1-17-9-4-2-8(3-5-9)13-6-7-14(10(12)15)11(13)16/h2-5H,6-7H2,1H3. The van der Waals surface area contributed by atoms with Crippen molar-refractivity contribution in [2.24, 2.45) is 0 Å². The van der Waals surface area contributed by atoms with Gasteiger partial charge in [0.15, 0.2) is 0 Å². The van der Waals surface area contributed by atoms with E-state index in [0.29, 0.717) is 18.8 Å². The van der Waals surface area contributed by atoms with Gasteiger partial charge in [-0.1, -0.05) is 0 Å². The predicted octanol–water partition coefficient (Wildman–Crippen LogP) is 2.30. The van der Waals surface area contributed by atoms with Crippen molar-refractivity contribution < 1.29 is 14.3 Å². The molecular formula is C11H11ClN2O3. The Morgan fingerprint density at radius 3 is 2.41 bits per heavy atom. The first kappa shape index (κ1) is 11.7. The molecule has 0 bridgehead atoms. The molecule has 5 nitrogen and oxygen atoms in total. The minimum atomic E-state index is -0.744. The third-order valence-corrected chi connectivity index (χ3v) is 2.81. The van der Waals surface area contributed by atoms with Gasteiger partial charge in [0, 0.05) is 18.8 Å². The van der Waals surface area contributed by atoms with Crippen molar-refractivity contribution in [1.29, 1.82) is 0 Å². The molecule has 1 heterocycles. The number of benzene rings is 1. The van der Waals surface area contributed by atoms with Crippen LogP contribution in [-0.2, 0) is 0 Å².